The minimum absolute atomic E-state index is 0.0849. The van der Waals surface area contributed by atoms with Crippen molar-refractivity contribution < 1.29 is 4.39 Å². The Labute approximate surface area is 138 Å². The molecule has 112 valence electrons. The second kappa shape index (κ2) is 6.25. The van der Waals surface area contributed by atoms with Crippen LogP contribution in [0.1, 0.15) is 33.4 Å². The highest BCUT2D eigenvalue weighted by Crippen LogP contribution is 2.31. The monoisotopic (exact) mass is 399 g/mol. The van der Waals surface area contributed by atoms with Gasteiger partial charge in [-0.25, -0.2) is 14.4 Å². The van der Waals surface area contributed by atoms with Crippen molar-refractivity contribution in [2.75, 3.05) is 11.9 Å². The van der Waals surface area contributed by atoms with E-state index in [1.807, 2.05) is 6.92 Å². The summed E-state index contributed by atoms with van der Waals surface area (Å²) in [7, 11) is 0. The summed E-state index contributed by atoms with van der Waals surface area (Å²) in [4.78, 5) is 9.29. The first-order chi connectivity index (χ1) is 9.82. The van der Waals surface area contributed by atoms with Crippen molar-refractivity contribution >= 4 is 28.4 Å². The number of anilines is 1. The molecule has 0 aliphatic carbocycles. The fourth-order valence-corrected chi connectivity index (χ4v) is 3.20. The smallest absolute Gasteiger partial charge is 0.161 e. The van der Waals surface area contributed by atoms with E-state index in [-0.39, 0.29) is 11.2 Å². The molecule has 0 bridgehead atoms. The zero-order valence-electron chi connectivity index (χ0n) is 12.7. The number of halogens is 2. The molecule has 0 aliphatic heterocycles. The van der Waals surface area contributed by atoms with E-state index >= 15 is 0 Å². The van der Waals surface area contributed by atoms with Crippen LogP contribution in [0, 0.1) is 9.39 Å². The van der Waals surface area contributed by atoms with Gasteiger partial charge in [-0.3, -0.25) is 0 Å². The summed E-state index contributed by atoms with van der Waals surface area (Å²) in [5.41, 5.74) is 1.73. The molecule has 0 fully saturated rings. The Balaban J connectivity index is 2.61. The third-order valence-electron chi connectivity index (χ3n) is 3.01. The van der Waals surface area contributed by atoms with Crippen LogP contribution < -0.4 is 5.32 Å². The third kappa shape index (κ3) is 3.70. The highest BCUT2D eigenvalue weighted by atomic mass is 127. The van der Waals surface area contributed by atoms with Gasteiger partial charge in [0.1, 0.15) is 11.6 Å². The lowest BCUT2D eigenvalue weighted by molar-refractivity contribution is 0.564. The van der Waals surface area contributed by atoms with E-state index in [0.29, 0.717) is 5.82 Å². The van der Waals surface area contributed by atoms with Crippen molar-refractivity contribution in [3.63, 3.8) is 0 Å². The lowest BCUT2D eigenvalue weighted by Crippen LogP contribution is -2.19. The lowest BCUT2D eigenvalue weighted by atomic mass is 9.91. The predicted octanol–water partition coefficient (Wildman–Crippen LogP) is 4.62. The van der Waals surface area contributed by atoms with Crippen LogP contribution in [0.4, 0.5) is 10.2 Å². The van der Waals surface area contributed by atoms with E-state index in [1.165, 1.54) is 12.1 Å². The van der Waals surface area contributed by atoms with Gasteiger partial charge in [0.05, 0.1) is 9.26 Å². The van der Waals surface area contributed by atoms with Gasteiger partial charge in [-0.1, -0.05) is 20.8 Å². The van der Waals surface area contributed by atoms with E-state index in [2.05, 4.69) is 53.7 Å². The summed E-state index contributed by atoms with van der Waals surface area (Å²) in [5, 5.41) is 3.28. The Morgan fingerprint density at radius 3 is 2.29 bits per heavy atom. The second-order valence-corrected chi connectivity index (χ2v) is 6.92. The van der Waals surface area contributed by atoms with Crippen molar-refractivity contribution in [1.82, 2.24) is 9.97 Å². The third-order valence-corrected chi connectivity index (χ3v) is 4.03. The van der Waals surface area contributed by atoms with Gasteiger partial charge < -0.3 is 5.32 Å². The molecule has 0 atom stereocenters. The van der Waals surface area contributed by atoms with Crippen LogP contribution in [-0.4, -0.2) is 16.5 Å². The summed E-state index contributed by atoms with van der Waals surface area (Å²) < 4.78 is 14.1. The van der Waals surface area contributed by atoms with Gasteiger partial charge in [0.25, 0.3) is 0 Å². The molecule has 0 unspecified atom stereocenters. The summed E-state index contributed by atoms with van der Waals surface area (Å²) in [5.74, 6) is 1.20. The van der Waals surface area contributed by atoms with E-state index in [9.17, 15) is 4.39 Å². The van der Waals surface area contributed by atoms with Gasteiger partial charge in [-0.2, -0.15) is 0 Å². The molecule has 2 aromatic rings. The molecule has 0 amide bonds. The first-order valence-corrected chi connectivity index (χ1v) is 7.98. The van der Waals surface area contributed by atoms with Gasteiger partial charge in [-0.05, 0) is 53.8 Å². The Morgan fingerprint density at radius 2 is 1.76 bits per heavy atom. The van der Waals surface area contributed by atoms with Gasteiger partial charge in [0.15, 0.2) is 5.82 Å². The van der Waals surface area contributed by atoms with Crippen molar-refractivity contribution in [3.8, 4) is 11.4 Å². The average Bonchev–Trinajstić information content (AvgIpc) is 2.41. The Hall–Kier alpha value is -1.24. The normalized spacial score (nSPS) is 11.5. The summed E-state index contributed by atoms with van der Waals surface area (Å²) >= 11 is 2.28. The van der Waals surface area contributed by atoms with Crippen LogP contribution in [0.25, 0.3) is 11.4 Å². The van der Waals surface area contributed by atoms with Gasteiger partial charge >= 0.3 is 0 Å². The maximum absolute atomic E-state index is 13.1. The zero-order valence-corrected chi connectivity index (χ0v) is 14.8. The molecule has 1 aromatic heterocycles. The minimum atomic E-state index is -0.257. The fraction of sp³-hybridized carbons (Fsp3) is 0.375. The highest BCUT2D eigenvalue weighted by molar-refractivity contribution is 14.1. The number of benzene rings is 1. The number of hydrogen-bond acceptors (Lipinski definition) is 3. The quantitative estimate of drug-likeness (QED) is 0.766. The lowest BCUT2D eigenvalue weighted by Gasteiger charge is -2.22. The Morgan fingerprint density at radius 1 is 1.14 bits per heavy atom. The summed E-state index contributed by atoms with van der Waals surface area (Å²) in [6.45, 7) is 9.21. The molecule has 3 nitrogen and oxygen atoms in total. The van der Waals surface area contributed by atoms with E-state index in [4.69, 9.17) is 4.98 Å². The molecular formula is C16H19FIN3. The number of hydrogen-bond donors (Lipinski definition) is 1. The molecule has 0 saturated heterocycles. The summed E-state index contributed by atoms with van der Waals surface area (Å²) in [6.07, 6.45) is 0. The van der Waals surface area contributed by atoms with Crippen molar-refractivity contribution in [2.45, 2.75) is 33.1 Å². The maximum atomic E-state index is 13.1. The van der Waals surface area contributed by atoms with E-state index < -0.39 is 0 Å². The highest BCUT2D eigenvalue weighted by Gasteiger charge is 2.23. The largest absolute Gasteiger partial charge is 0.369 e. The van der Waals surface area contributed by atoms with Crippen LogP contribution in [0.15, 0.2) is 24.3 Å². The van der Waals surface area contributed by atoms with Crippen molar-refractivity contribution in [2.24, 2.45) is 0 Å². The number of nitrogens with zero attached hydrogens (tertiary/aromatic N) is 2. The van der Waals surface area contributed by atoms with Gasteiger partial charge in [0, 0.05) is 17.5 Å². The molecule has 1 heterocycles. The molecule has 0 aliphatic rings. The number of nitrogens with one attached hydrogen (secondary N) is 1. The Bertz CT molecular complexity index is 633. The average molecular weight is 399 g/mol. The van der Waals surface area contributed by atoms with Gasteiger partial charge in [0.2, 0.25) is 0 Å². The van der Waals surface area contributed by atoms with Crippen LogP contribution in [0.3, 0.4) is 0 Å². The van der Waals surface area contributed by atoms with Crippen LogP contribution in [0.5, 0.6) is 0 Å². The fourth-order valence-electron chi connectivity index (χ4n) is 1.96. The molecule has 0 spiro atoms. The molecule has 1 aromatic carbocycles. The molecule has 2 rings (SSSR count). The molecule has 5 heteroatoms. The van der Waals surface area contributed by atoms with Crippen LogP contribution >= 0.6 is 22.6 Å². The number of aromatic nitrogens is 2. The first kappa shape index (κ1) is 16.1. The predicted molar refractivity (Wildman–Crippen MR) is 93.0 cm³/mol. The molecular weight excluding hydrogens is 380 g/mol. The van der Waals surface area contributed by atoms with Crippen LogP contribution in [0.2, 0.25) is 0 Å². The zero-order chi connectivity index (χ0) is 15.6. The van der Waals surface area contributed by atoms with Crippen LogP contribution in [-0.2, 0) is 5.41 Å². The van der Waals surface area contributed by atoms with Crippen molar-refractivity contribution in [3.05, 3.63) is 39.3 Å². The molecule has 21 heavy (non-hydrogen) atoms. The van der Waals surface area contributed by atoms with Crippen molar-refractivity contribution in [1.29, 1.82) is 0 Å². The topological polar surface area (TPSA) is 37.8 Å². The molecule has 0 saturated carbocycles. The minimum Gasteiger partial charge on any atom is -0.369 e. The standard InChI is InChI=1S/C16H19FIN3/c1-5-19-15-12(18)13(16(2,3)4)20-14(21-15)10-6-8-11(17)9-7-10/h6-9H,5H2,1-4H3,(H,19,20,21). The Kier molecular flexibility index (Phi) is 4.81. The molecule has 0 radical (unpaired) electrons. The maximum Gasteiger partial charge on any atom is 0.161 e. The van der Waals surface area contributed by atoms with E-state index in [0.717, 1.165) is 27.2 Å². The molecule has 1 N–H and O–H groups in total. The summed E-state index contributed by atoms with van der Waals surface area (Å²) in [6, 6.07) is 6.28. The van der Waals surface area contributed by atoms with E-state index in [1.54, 1.807) is 12.1 Å². The second-order valence-electron chi connectivity index (χ2n) is 5.85. The first-order valence-electron chi connectivity index (χ1n) is 6.90. The number of rotatable bonds is 3. The SMILES string of the molecule is CCNc1nc(-c2ccc(F)cc2)nc(C(C)(C)C)c1I. The van der Waals surface area contributed by atoms with Gasteiger partial charge in [-0.15, -0.1) is 0 Å².